The molecule has 5 unspecified atom stereocenters. The van der Waals surface area contributed by atoms with E-state index >= 15 is 0 Å². The number of aliphatic hydroxyl groups excluding tert-OH is 3. The zero-order chi connectivity index (χ0) is 20.8. The van der Waals surface area contributed by atoms with Crippen LogP contribution in [0.5, 0.6) is 0 Å². The van der Waals surface area contributed by atoms with Crippen LogP contribution < -0.4 is 0 Å². The van der Waals surface area contributed by atoms with E-state index in [1.807, 2.05) is 0 Å². The number of carbonyl (C=O) groups excluding carboxylic acids is 3. The van der Waals surface area contributed by atoms with Crippen molar-refractivity contribution < 1.29 is 39.2 Å². The van der Waals surface area contributed by atoms with Crippen LogP contribution in [0.1, 0.15) is 26.2 Å². The van der Waals surface area contributed by atoms with Crippen molar-refractivity contribution in [2.45, 2.75) is 50.6 Å². The van der Waals surface area contributed by atoms with Gasteiger partial charge in [-0.05, 0) is 19.3 Å². The number of esters is 2. The number of aldehydes is 1. The number of hydrogen-bond donors (Lipinski definition) is 3. The Kier molecular flexibility index (Phi) is 5.49. The zero-order valence-corrected chi connectivity index (χ0v) is 15.7. The number of ether oxygens (including phenoxy) is 2. The fourth-order valence-electron chi connectivity index (χ4n) is 5.09. The fraction of sp³-hybridized carbons (Fsp3) is 0.650. The Hall–Kier alpha value is -2.03. The van der Waals surface area contributed by atoms with Crippen LogP contribution >= 0.6 is 0 Å². The van der Waals surface area contributed by atoms with Gasteiger partial charge < -0.3 is 29.6 Å². The molecule has 0 amide bonds. The molecule has 8 nitrogen and oxygen atoms in total. The van der Waals surface area contributed by atoms with Crippen LogP contribution in [0.15, 0.2) is 24.3 Å². The van der Waals surface area contributed by atoms with Crippen LogP contribution in [-0.2, 0) is 23.9 Å². The van der Waals surface area contributed by atoms with Gasteiger partial charge in [0.05, 0.1) is 24.2 Å². The first-order valence-electron chi connectivity index (χ1n) is 9.37. The molecular weight excluding hydrogens is 368 g/mol. The Morgan fingerprint density at radius 1 is 1.46 bits per heavy atom. The second-order valence-electron chi connectivity index (χ2n) is 8.22. The normalized spacial score (nSPS) is 40.7. The van der Waals surface area contributed by atoms with Crippen LogP contribution in [0.4, 0.5) is 0 Å². The molecule has 2 aliphatic carbocycles. The second kappa shape index (κ2) is 7.42. The monoisotopic (exact) mass is 394 g/mol. The third-order valence-electron chi connectivity index (χ3n) is 6.69. The van der Waals surface area contributed by atoms with E-state index in [1.54, 1.807) is 6.92 Å². The van der Waals surface area contributed by atoms with Gasteiger partial charge in [0.2, 0.25) is 0 Å². The Bertz CT molecular complexity index is 715. The summed E-state index contributed by atoms with van der Waals surface area (Å²) in [6, 6.07) is 0. The summed E-state index contributed by atoms with van der Waals surface area (Å²) in [6.07, 6.45) is -1.85. The average Bonchev–Trinajstić information content (AvgIpc) is 2.96. The van der Waals surface area contributed by atoms with Gasteiger partial charge in [-0.15, -0.1) is 0 Å². The standard InChI is InChI=1S/C20H26O8/c1-9(12(23)8-22)18(25)27-13-6-20(3)14(24)5-4-11(7-21)16(20)17-15(13)10(2)19(26)28-17/h7,11-17,22-24H,1-2,4-6,8H2,3H3/t11?,12?,13-,14-,15?,16?,17?,20-/m0/s1. The van der Waals surface area contributed by atoms with Crippen molar-refractivity contribution in [3.05, 3.63) is 24.3 Å². The molecule has 3 N–H and O–H groups in total. The molecule has 1 aliphatic heterocycles. The molecule has 3 rings (SSSR count). The van der Waals surface area contributed by atoms with Crippen LogP contribution in [-0.4, -0.2) is 64.6 Å². The van der Waals surface area contributed by atoms with Crippen molar-refractivity contribution in [1.29, 1.82) is 0 Å². The molecule has 8 heteroatoms. The van der Waals surface area contributed by atoms with E-state index in [0.717, 1.165) is 6.29 Å². The van der Waals surface area contributed by atoms with Crippen molar-refractivity contribution in [2.75, 3.05) is 6.61 Å². The number of rotatable bonds is 5. The largest absolute Gasteiger partial charge is 0.458 e. The van der Waals surface area contributed by atoms with E-state index < -0.39 is 60.2 Å². The summed E-state index contributed by atoms with van der Waals surface area (Å²) >= 11 is 0. The maximum Gasteiger partial charge on any atom is 0.336 e. The minimum atomic E-state index is -1.46. The lowest BCUT2D eigenvalue weighted by molar-refractivity contribution is -0.195. The summed E-state index contributed by atoms with van der Waals surface area (Å²) in [5.41, 5.74) is -0.961. The number of aliphatic hydroxyl groups is 3. The number of hydrogen-bond acceptors (Lipinski definition) is 8. The summed E-state index contributed by atoms with van der Waals surface area (Å²) in [5.74, 6) is -2.97. The van der Waals surface area contributed by atoms with Gasteiger partial charge in [-0.1, -0.05) is 20.1 Å². The molecule has 1 heterocycles. The molecule has 3 fully saturated rings. The Morgan fingerprint density at radius 3 is 2.75 bits per heavy atom. The summed E-state index contributed by atoms with van der Waals surface area (Å²) < 4.78 is 11.1. The molecule has 0 aromatic carbocycles. The van der Waals surface area contributed by atoms with Gasteiger partial charge >= 0.3 is 11.9 Å². The van der Waals surface area contributed by atoms with E-state index in [4.69, 9.17) is 14.6 Å². The third kappa shape index (κ3) is 3.09. The van der Waals surface area contributed by atoms with Crippen LogP contribution in [0.2, 0.25) is 0 Å². The van der Waals surface area contributed by atoms with Crippen LogP contribution in [0, 0.1) is 23.2 Å². The molecule has 0 aromatic rings. The first-order valence-corrected chi connectivity index (χ1v) is 9.37. The molecule has 1 saturated heterocycles. The smallest absolute Gasteiger partial charge is 0.336 e. The summed E-state index contributed by atoms with van der Waals surface area (Å²) in [6.45, 7) is 8.35. The highest BCUT2D eigenvalue weighted by Gasteiger charge is 2.63. The van der Waals surface area contributed by atoms with Gasteiger partial charge in [-0.25, -0.2) is 9.59 Å². The molecule has 0 spiro atoms. The minimum absolute atomic E-state index is 0.155. The van der Waals surface area contributed by atoms with E-state index in [9.17, 15) is 24.6 Å². The molecule has 28 heavy (non-hydrogen) atoms. The average molecular weight is 394 g/mol. The molecule has 3 aliphatic rings. The van der Waals surface area contributed by atoms with Crippen molar-refractivity contribution >= 4 is 18.2 Å². The quantitative estimate of drug-likeness (QED) is 0.335. The highest BCUT2D eigenvalue weighted by Crippen LogP contribution is 2.58. The lowest BCUT2D eigenvalue weighted by atomic mass is 9.51. The van der Waals surface area contributed by atoms with Gasteiger partial charge in [-0.2, -0.15) is 0 Å². The van der Waals surface area contributed by atoms with Crippen LogP contribution in [0.25, 0.3) is 0 Å². The van der Waals surface area contributed by atoms with Gasteiger partial charge in [0, 0.05) is 22.8 Å². The molecule has 0 bridgehead atoms. The molecule has 2 saturated carbocycles. The lowest BCUT2D eigenvalue weighted by Crippen LogP contribution is -2.60. The predicted octanol–water partition coefficient (Wildman–Crippen LogP) is -0.0986. The molecule has 8 atom stereocenters. The van der Waals surface area contributed by atoms with Gasteiger partial charge in [0.1, 0.15) is 24.6 Å². The predicted molar refractivity (Wildman–Crippen MR) is 95.6 cm³/mol. The topological polar surface area (TPSA) is 130 Å². The van der Waals surface area contributed by atoms with E-state index in [-0.39, 0.29) is 23.5 Å². The summed E-state index contributed by atoms with van der Waals surface area (Å²) in [7, 11) is 0. The van der Waals surface area contributed by atoms with Crippen molar-refractivity contribution in [3.63, 3.8) is 0 Å². The number of carbonyl (C=O) groups is 3. The molecule has 154 valence electrons. The van der Waals surface area contributed by atoms with Gasteiger partial charge in [0.15, 0.2) is 0 Å². The van der Waals surface area contributed by atoms with Crippen molar-refractivity contribution in [3.8, 4) is 0 Å². The molecule has 0 aromatic heterocycles. The van der Waals surface area contributed by atoms with Crippen molar-refractivity contribution in [1.82, 2.24) is 0 Å². The zero-order valence-electron chi connectivity index (χ0n) is 15.7. The SMILES string of the molecule is C=C(C(=O)O[C@H]1C[C@]2(C)C(C(C=O)CC[C@@H]2O)C2OC(=O)C(=C)C21)C(O)CO. The number of fused-ring (bicyclic) bond motifs is 3. The third-order valence-corrected chi connectivity index (χ3v) is 6.69. The second-order valence-corrected chi connectivity index (χ2v) is 8.22. The first-order chi connectivity index (χ1) is 13.2. The van der Waals surface area contributed by atoms with Crippen molar-refractivity contribution in [2.24, 2.45) is 23.2 Å². The van der Waals surface area contributed by atoms with E-state index in [0.29, 0.717) is 12.8 Å². The van der Waals surface area contributed by atoms with E-state index in [2.05, 4.69) is 13.2 Å². The minimum Gasteiger partial charge on any atom is -0.458 e. The highest BCUT2D eigenvalue weighted by molar-refractivity contribution is 5.92. The van der Waals surface area contributed by atoms with Gasteiger partial charge in [0.25, 0.3) is 0 Å². The highest BCUT2D eigenvalue weighted by atomic mass is 16.6. The van der Waals surface area contributed by atoms with Gasteiger partial charge in [-0.3, -0.25) is 0 Å². The Labute approximate surface area is 162 Å². The summed E-state index contributed by atoms with van der Waals surface area (Å²) in [5, 5.41) is 29.3. The maximum absolute atomic E-state index is 12.4. The van der Waals surface area contributed by atoms with E-state index in [1.165, 1.54) is 0 Å². The Morgan fingerprint density at radius 2 is 2.14 bits per heavy atom. The Balaban J connectivity index is 1.95. The lowest BCUT2D eigenvalue weighted by Gasteiger charge is -2.55. The fourth-order valence-corrected chi connectivity index (χ4v) is 5.09. The maximum atomic E-state index is 12.4. The van der Waals surface area contributed by atoms with Crippen LogP contribution in [0.3, 0.4) is 0 Å². The first kappa shape index (κ1) is 20.7. The molecular formula is C20H26O8. The molecule has 0 radical (unpaired) electrons. The summed E-state index contributed by atoms with van der Waals surface area (Å²) in [4.78, 5) is 36.3.